The minimum atomic E-state index is -0.194. The predicted molar refractivity (Wildman–Crippen MR) is 44.1 cm³/mol. The van der Waals surface area contributed by atoms with Gasteiger partial charge in [0.15, 0.2) is 0 Å². The van der Waals surface area contributed by atoms with Crippen molar-refractivity contribution in [1.29, 1.82) is 0 Å². The van der Waals surface area contributed by atoms with Crippen LogP contribution < -0.4 is 5.32 Å². The average Bonchev–Trinajstić information content (AvgIpc) is 2.07. The van der Waals surface area contributed by atoms with Crippen LogP contribution in [0.25, 0.3) is 0 Å². The van der Waals surface area contributed by atoms with Gasteiger partial charge in [-0.2, -0.15) is 0 Å². The summed E-state index contributed by atoms with van der Waals surface area (Å²) >= 11 is 5.19. The van der Waals surface area contributed by atoms with Gasteiger partial charge in [-0.25, -0.2) is 0 Å². The maximum Gasteiger partial charge on any atom is 0.252 e. The fourth-order valence-corrected chi connectivity index (χ4v) is 0.822. The van der Waals surface area contributed by atoms with Crippen molar-refractivity contribution in [3.05, 3.63) is 41.9 Å². The Morgan fingerprint density at radius 1 is 1.36 bits per heavy atom. The molecule has 1 radical (unpaired) electrons. The molecule has 11 heavy (non-hydrogen) atoms. The molecule has 0 bridgehead atoms. The summed E-state index contributed by atoms with van der Waals surface area (Å²) in [5.41, 5.74) is 0.601. The smallest absolute Gasteiger partial charge is 0.252 e. The highest BCUT2D eigenvalue weighted by atomic mass is 35.5. The number of halogens is 1. The van der Waals surface area contributed by atoms with E-state index in [0.717, 1.165) is 6.00 Å². The van der Waals surface area contributed by atoms with Crippen molar-refractivity contribution >= 4 is 17.5 Å². The molecule has 0 spiro atoms. The number of nitrogens with one attached hydrogen (secondary N) is 1. The lowest BCUT2D eigenvalue weighted by Gasteiger charge is -1.98. The van der Waals surface area contributed by atoms with Crippen LogP contribution in [0.4, 0.5) is 0 Å². The number of hydrogen-bond donors (Lipinski definition) is 1. The van der Waals surface area contributed by atoms with E-state index in [1.165, 1.54) is 0 Å². The molecule has 1 aromatic rings. The Kier molecular flexibility index (Phi) is 2.93. The zero-order chi connectivity index (χ0) is 8.10. The van der Waals surface area contributed by atoms with Gasteiger partial charge >= 0.3 is 0 Å². The van der Waals surface area contributed by atoms with Gasteiger partial charge in [0.1, 0.15) is 6.00 Å². The van der Waals surface area contributed by atoms with Crippen LogP contribution in [-0.2, 0) is 0 Å². The van der Waals surface area contributed by atoms with Crippen LogP contribution in [0.15, 0.2) is 30.3 Å². The second-order valence-corrected chi connectivity index (χ2v) is 2.17. The molecule has 0 atom stereocenters. The van der Waals surface area contributed by atoms with Crippen molar-refractivity contribution in [3.63, 3.8) is 0 Å². The zero-order valence-electron chi connectivity index (χ0n) is 5.75. The Morgan fingerprint density at radius 3 is 2.55 bits per heavy atom. The van der Waals surface area contributed by atoms with Gasteiger partial charge in [-0.3, -0.25) is 4.79 Å². The van der Waals surface area contributed by atoms with Crippen LogP contribution in [0.1, 0.15) is 10.4 Å². The van der Waals surface area contributed by atoms with Crippen molar-refractivity contribution in [2.75, 3.05) is 0 Å². The fourth-order valence-electron chi connectivity index (χ4n) is 0.722. The van der Waals surface area contributed by atoms with E-state index in [-0.39, 0.29) is 5.91 Å². The second-order valence-electron chi connectivity index (χ2n) is 1.95. The Balaban J connectivity index is 2.69. The van der Waals surface area contributed by atoms with Crippen LogP contribution in [0.5, 0.6) is 0 Å². The SMILES string of the molecule is O=C(N[CH]Cl)c1ccccc1. The van der Waals surface area contributed by atoms with Gasteiger partial charge in [0.05, 0.1) is 0 Å². The maximum absolute atomic E-state index is 11.0. The Labute approximate surface area is 70.2 Å². The van der Waals surface area contributed by atoms with E-state index in [0.29, 0.717) is 5.56 Å². The van der Waals surface area contributed by atoms with Crippen LogP contribution in [-0.4, -0.2) is 5.91 Å². The van der Waals surface area contributed by atoms with Crippen molar-refractivity contribution in [3.8, 4) is 0 Å². The summed E-state index contributed by atoms with van der Waals surface area (Å²) in [6.07, 6.45) is 0. The van der Waals surface area contributed by atoms with Gasteiger partial charge in [-0.15, -0.1) is 0 Å². The van der Waals surface area contributed by atoms with E-state index >= 15 is 0 Å². The summed E-state index contributed by atoms with van der Waals surface area (Å²) in [6.45, 7) is 0. The average molecular weight is 169 g/mol. The van der Waals surface area contributed by atoms with Crippen molar-refractivity contribution in [1.82, 2.24) is 5.32 Å². The number of carbonyl (C=O) groups excluding carboxylic acids is 1. The number of hydrogen-bond acceptors (Lipinski definition) is 1. The molecule has 1 amide bonds. The van der Waals surface area contributed by atoms with E-state index < -0.39 is 0 Å². The highest BCUT2D eigenvalue weighted by molar-refractivity contribution is 6.24. The molecular formula is C8H7ClNO. The maximum atomic E-state index is 11.0. The summed E-state index contributed by atoms with van der Waals surface area (Å²) in [5.74, 6) is -0.194. The topological polar surface area (TPSA) is 29.1 Å². The standard InChI is InChI=1S/C8H7ClNO/c9-6-10-8(11)7-4-2-1-3-5-7/h1-6H,(H,10,11). The first kappa shape index (κ1) is 8.08. The minimum absolute atomic E-state index is 0.194. The molecule has 0 aliphatic rings. The minimum Gasteiger partial charge on any atom is -0.333 e. The molecule has 1 N–H and O–H groups in total. The third kappa shape index (κ3) is 2.24. The quantitative estimate of drug-likeness (QED) is 0.671. The summed E-state index contributed by atoms with van der Waals surface area (Å²) in [5, 5.41) is 2.36. The van der Waals surface area contributed by atoms with E-state index in [2.05, 4.69) is 5.32 Å². The van der Waals surface area contributed by atoms with E-state index in [4.69, 9.17) is 11.6 Å². The molecule has 0 aliphatic carbocycles. The van der Waals surface area contributed by atoms with Gasteiger partial charge in [-0.05, 0) is 12.1 Å². The lowest BCUT2D eigenvalue weighted by Crippen LogP contribution is -2.17. The van der Waals surface area contributed by atoms with E-state index in [1.54, 1.807) is 24.3 Å². The first-order valence-electron chi connectivity index (χ1n) is 3.12. The molecule has 0 saturated heterocycles. The molecule has 0 aliphatic heterocycles. The highest BCUT2D eigenvalue weighted by Crippen LogP contribution is 1.97. The zero-order valence-corrected chi connectivity index (χ0v) is 6.51. The third-order valence-corrected chi connectivity index (χ3v) is 1.33. The molecule has 0 unspecified atom stereocenters. The third-order valence-electron chi connectivity index (χ3n) is 1.22. The lowest BCUT2D eigenvalue weighted by molar-refractivity contribution is 0.0967. The monoisotopic (exact) mass is 168 g/mol. The molecule has 0 saturated carbocycles. The summed E-state index contributed by atoms with van der Waals surface area (Å²) in [6, 6.07) is 9.97. The van der Waals surface area contributed by atoms with Crippen LogP contribution in [0.2, 0.25) is 0 Å². The number of benzene rings is 1. The Morgan fingerprint density at radius 2 is 2.00 bits per heavy atom. The first-order valence-corrected chi connectivity index (χ1v) is 3.56. The van der Waals surface area contributed by atoms with Crippen LogP contribution in [0, 0.1) is 6.00 Å². The molecular weight excluding hydrogens is 162 g/mol. The second kappa shape index (κ2) is 3.98. The molecule has 57 valence electrons. The summed E-state index contributed by atoms with van der Waals surface area (Å²) in [4.78, 5) is 11.0. The van der Waals surface area contributed by atoms with E-state index in [9.17, 15) is 4.79 Å². The van der Waals surface area contributed by atoms with E-state index in [1.807, 2.05) is 6.07 Å². The molecule has 0 heterocycles. The molecule has 2 nitrogen and oxygen atoms in total. The van der Waals surface area contributed by atoms with Crippen molar-refractivity contribution in [2.24, 2.45) is 0 Å². The van der Waals surface area contributed by atoms with Crippen molar-refractivity contribution < 1.29 is 4.79 Å². The van der Waals surface area contributed by atoms with Crippen LogP contribution >= 0.6 is 11.6 Å². The number of rotatable bonds is 2. The molecule has 3 heteroatoms. The fraction of sp³-hybridized carbons (Fsp3) is 0. The molecule has 1 aromatic carbocycles. The number of carbonyl (C=O) groups is 1. The lowest BCUT2D eigenvalue weighted by atomic mass is 10.2. The Bertz CT molecular complexity index is 235. The highest BCUT2D eigenvalue weighted by Gasteiger charge is 2.00. The van der Waals surface area contributed by atoms with Gasteiger partial charge in [0.2, 0.25) is 0 Å². The van der Waals surface area contributed by atoms with Crippen LogP contribution in [0.3, 0.4) is 0 Å². The van der Waals surface area contributed by atoms with Gasteiger partial charge in [0, 0.05) is 5.56 Å². The normalized spacial score (nSPS) is 9.18. The molecule has 0 aromatic heterocycles. The van der Waals surface area contributed by atoms with Gasteiger partial charge in [0.25, 0.3) is 5.91 Å². The first-order chi connectivity index (χ1) is 5.34. The largest absolute Gasteiger partial charge is 0.333 e. The van der Waals surface area contributed by atoms with Crippen molar-refractivity contribution in [2.45, 2.75) is 0 Å². The van der Waals surface area contributed by atoms with Gasteiger partial charge < -0.3 is 5.32 Å². The molecule has 0 fully saturated rings. The predicted octanol–water partition coefficient (Wildman–Crippen LogP) is 1.77. The molecule has 1 rings (SSSR count). The van der Waals surface area contributed by atoms with Gasteiger partial charge in [-0.1, -0.05) is 29.8 Å². The Hall–Kier alpha value is -1.02. The summed E-state index contributed by atoms with van der Waals surface area (Å²) < 4.78 is 0. The summed E-state index contributed by atoms with van der Waals surface area (Å²) in [7, 11) is 0. The number of amides is 1.